The highest BCUT2D eigenvalue weighted by molar-refractivity contribution is 5.85. The van der Waals surface area contributed by atoms with Crippen molar-refractivity contribution in [2.75, 3.05) is 19.8 Å². The summed E-state index contributed by atoms with van der Waals surface area (Å²) in [7, 11) is 0. The zero-order valence-corrected chi connectivity index (χ0v) is 11.3. The molecule has 5 heteroatoms. The van der Waals surface area contributed by atoms with E-state index in [0.717, 1.165) is 28.7 Å². The number of alkyl halides is 1. The second-order valence-electron chi connectivity index (χ2n) is 4.69. The molecule has 104 valence electrons. The van der Waals surface area contributed by atoms with E-state index < -0.39 is 6.67 Å². The molecule has 0 aliphatic heterocycles. The van der Waals surface area contributed by atoms with Crippen molar-refractivity contribution in [1.82, 2.24) is 0 Å². The van der Waals surface area contributed by atoms with Gasteiger partial charge >= 0.3 is 0 Å². The molecular formula is C14H17ClFNO2. The molecule has 0 bridgehead atoms. The summed E-state index contributed by atoms with van der Waals surface area (Å²) in [5.74, 6) is 1.70. The average molecular weight is 286 g/mol. The summed E-state index contributed by atoms with van der Waals surface area (Å²) in [4.78, 5) is 0. The quantitative estimate of drug-likeness (QED) is 0.917. The molecule has 3 nitrogen and oxygen atoms in total. The van der Waals surface area contributed by atoms with E-state index >= 15 is 0 Å². The molecule has 0 unspecified atom stereocenters. The van der Waals surface area contributed by atoms with Crippen LogP contribution in [0, 0.1) is 5.92 Å². The summed E-state index contributed by atoms with van der Waals surface area (Å²) < 4.78 is 23.2. The minimum Gasteiger partial charge on any atom is -0.491 e. The van der Waals surface area contributed by atoms with Gasteiger partial charge < -0.3 is 14.9 Å². The van der Waals surface area contributed by atoms with Gasteiger partial charge in [0.15, 0.2) is 0 Å². The van der Waals surface area contributed by atoms with Crippen molar-refractivity contribution in [2.24, 2.45) is 11.7 Å². The van der Waals surface area contributed by atoms with Crippen LogP contribution in [-0.4, -0.2) is 19.8 Å². The molecule has 3 rings (SSSR count). The van der Waals surface area contributed by atoms with Gasteiger partial charge in [0.05, 0.1) is 6.26 Å². The third-order valence-corrected chi connectivity index (χ3v) is 3.57. The van der Waals surface area contributed by atoms with Crippen molar-refractivity contribution in [3.63, 3.8) is 0 Å². The average Bonchev–Trinajstić information content (AvgIpc) is 3.02. The minimum atomic E-state index is -0.478. The lowest BCUT2D eigenvalue weighted by atomic mass is 10.0. The van der Waals surface area contributed by atoms with E-state index in [1.807, 2.05) is 18.2 Å². The van der Waals surface area contributed by atoms with E-state index in [4.69, 9.17) is 14.9 Å². The van der Waals surface area contributed by atoms with E-state index in [-0.39, 0.29) is 19.0 Å². The molecule has 0 amide bonds. The number of benzene rings is 1. The number of hydrogen-bond donors (Lipinski definition) is 1. The fourth-order valence-corrected chi connectivity index (χ4v) is 2.56. The van der Waals surface area contributed by atoms with Crippen LogP contribution in [0.25, 0.3) is 11.0 Å². The van der Waals surface area contributed by atoms with E-state index in [0.29, 0.717) is 18.4 Å². The number of halogens is 2. The maximum atomic E-state index is 12.3. The van der Waals surface area contributed by atoms with Crippen LogP contribution in [0.3, 0.4) is 0 Å². The molecule has 1 aromatic carbocycles. The Bertz CT molecular complexity index is 557. The molecule has 2 aromatic rings. The summed E-state index contributed by atoms with van der Waals surface area (Å²) in [6.07, 6.45) is 2.75. The van der Waals surface area contributed by atoms with Gasteiger partial charge in [0, 0.05) is 10.9 Å². The van der Waals surface area contributed by atoms with Crippen LogP contribution in [-0.2, 0) is 0 Å². The second-order valence-corrected chi connectivity index (χ2v) is 4.69. The maximum Gasteiger partial charge on any atom is 0.134 e. The third-order valence-electron chi connectivity index (χ3n) is 3.57. The third kappa shape index (κ3) is 2.55. The number of hydrogen-bond acceptors (Lipinski definition) is 3. The molecular weight excluding hydrogens is 269 g/mol. The van der Waals surface area contributed by atoms with Gasteiger partial charge in [-0.15, -0.1) is 12.4 Å². The van der Waals surface area contributed by atoms with Crippen LogP contribution >= 0.6 is 12.4 Å². The number of nitrogens with two attached hydrogens (primary N) is 1. The van der Waals surface area contributed by atoms with Crippen LogP contribution in [0.5, 0.6) is 5.75 Å². The molecule has 2 atom stereocenters. The smallest absolute Gasteiger partial charge is 0.134 e. The molecule has 0 spiro atoms. The Morgan fingerprint density at radius 3 is 2.89 bits per heavy atom. The van der Waals surface area contributed by atoms with Gasteiger partial charge in [-0.25, -0.2) is 4.39 Å². The van der Waals surface area contributed by atoms with Gasteiger partial charge in [0.1, 0.15) is 24.6 Å². The van der Waals surface area contributed by atoms with Gasteiger partial charge in [-0.3, -0.25) is 0 Å². The highest BCUT2D eigenvalue weighted by atomic mass is 35.5. The fraction of sp³-hybridized carbons (Fsp3) is 0.429. The van der Waals surface area contributed by atoms with E-state index in [9.17, 15) is 4.39 Å². The molecule has 1 fully saturated rings. The summed E-state index contributed by atoms with van der Waals surface area (Å²) in [6.45, 7) is 0.297. The molecule has 0 saturated heterocycles. The van der Waals surface area contributed by atoms with Gasteiger partial charge in [0.2, 0.25) is 0 Å². The van der Waals surface area contributed by atoms with Crippen molar-refractivity contribution in [3.05, 3.63) is 30.0 Å². The summed E-state index contributed by atoms with van der Waals surface area (Å²) >= 11 is 0. The summed E-state index contributed by atoms with van der Waals surface area (Å²) in [5.41, 5.74) is 7.68. The van der Waals surface area contributed by atoms with E-state index in [1.165, 1.54) is 0 Å². The molecule has 1 aromatic heterocycles. The van der Waals surface area contributed by atoms with Crippen molar-refractivity contribution in [2.45, 2.75) is 12.3 Å². The Morgan fingerprint density at radius 2 is 2.21 bits per heavy atom. The van der Waals surface area contributed by atoms with Crippen LogP contribution < -0.4 is 10.5 Å². The molecule has 1 saturated carbocycles. The molecule has 19 heavy (non-hydrogen) atoms. The molecule has 0 radical (unpaired) electrons. The number of ether oxygens (including phenoxy) is 1. The number of rotatable bonds is 5. The lowest BCUT2D eigenvalue weighted by Crippen LogP contribution is -2.04. The van der Waals surface area contributed by atoms with Gasteiger partial charge in [-0.05, 0) is 43.0 Å². The fourth-order valence-electron chi connectivity index (χ4n) is 2.56. The van der Waals surface area contributed by atoms with Crippen molar-refractivity contribution < 1.29 is 13.5 Å². The Labute approximate surface area is 117 Å². The highest BCUT2D eigenvalue weighted by Gasteiger charge is 2.40. The van der Waals surface area contributed by atoms with Crippen LogP contribution in [0.15, 0.2) is 28.9 Å². The van der Waals surface area contributed by atoms with Crippen LogP contribution in [0.4, 0.5) is 4.39 Å². The summed E-state index contributed by atoms with van der Waals surface area (Å²) in [6, 6.07) is 5.67. The van der Waals surface area contributed by atoms with E-state index in [2.05, 4.69) is 0 Å². The van der Waals surface area contributed by atoms with Crippen molar-refractivity contribution in [1.29, 1.82) is 0 Å². The van der Waals surface area contributed by atoms with Crippen molar-refractivity contribution >= 4 is 23.4 Å². The number of fused-ring (bicyclic) bond motifs is 1. The van der Waals surface area contributed by atoms with Crippen LogP contribution in [0.1, 0.15) is 17.9 Å². The molecule has 1 aliphatic rings. The normalized spacial score (nSPS) is 21.2. The Morgan fingerprint density at radius 1 is 1.37 bits per heavy atom. The first-order valence-corrected chi connectivity index (χ1v) is 6.24. The predicted molar refractivity (Wildman–Crippen MR) is 74.8 cm³/mol. The topological polar surface area (TPSA) is 48.4 Å². The van der Waals surface area contributed by atoms with Crippen molar-refractivity contribution in [3.8, 4) is 5.75 Å². The van der Waals surface area contributed by atoms with Gasteiger partial charge in [-0.2, -0.15) is 0 Å². The Kier molecular flexibility index (Phi) is 4.32. The zero-order chi connectivity index (χ0) is 12.5. The lowest BCUT2D eigenvalue weighted by Gasteiger charge is -2.11. The van der Waals surface area contributed by atoms with Crippen LogP contribution in [0.2, 0.25) is 0 Å². The second kappa shape index (κ2) is 5.80. The SMILES string of the molecule is Cl.NC[C@H]1C[C@@H]1c1c(OCCF)ccc2occc12. The van der Waals surface area contributed by atoms with Gasteiger partial charge in [0.25, 0.3) is 0 Å². The lowest BCUT2D eigenvalue weighted by molar-refractivity contribution is 0.271. The monoisotopic (exact) mass is 285 g/mol. The Hall–Kier alpha value is -1.26. The first-order valence-electron chi connectivity index (χ1n) is 6.24. The predicted octanol–water partition coefficient (Wildman–Crippen LogP) is 3.27. The maximum absolute atomic E-state index is 12.3. The summed E-state index contributed by atoms with van der Waals surface area (Å²) in [5, 5.41) is 1.06. The first-order chi connectivity index (χ1) is 8.85. The first kappa shape index (κ1) is 14.2. The Balaban J connectivity index is 0.00000133. The zero-order valence-electron chi connectivity index (χ0n) is 10.5. The standard InChI is InChI=1S/C14H16FNO2.ClH/c15-4-6-18-13-2-1-12-10(3-5-17-12)14(13)11-7-9(11)8-16;/h1-3,5,9,11H,4,6-8,16H2;1H/t9-,11+;/m1./s1. The molecule has 1 aliphatic carbocycles. The molecule has 2 N–H and O–H groups in total. The highest BCUT2D eigenvalue weighted by Crippen LogP contribution is 2.52. The minimum absolute atomic E-state index is 0. The molecule has 1 heterocycles. The number of furan rings is 1. The van der Waals surface area contributed by atoms with Gasteiger partial charge in [-0.1, -0.05) is 0 Å². The van der Waals surface area contributed by atoms with E-state index in [1.54, 1.807) is 6.26 Å². The largest absolute Gasteiger partial charge is 0.491 e.